The van der Waals surface area contributed by atoms with Gasteiger partial charge in [0.15, 0.2) is 11.6 Å². The maximum atomic E-state index is 4.44. The van der Waals surface area contributed by atoms with Gasteiger partial charge in [-0.05, 0) is 39.0 Å². The highest BCUT2D eigenvalue weighted by Crippen LogP contribution is 2.15. The summed E-state index contributed by atoms with van der Waals surface area (Å²) in [7, 11) is 0. The van der Waals surface area contributed by atoms with E-state index in [9.17, 15) is 0 Å². The Balaban J connectivity index is 1.66. The van der Waals surface area contributed by atoms with Crippen molar-refractivity contribution in [1.29, 1.82) is 0 Å². The fourth-order valence-electron chi connectivity index (χ4n) is 2.79. The van der Waals surface area contributed by atoms with Crippen LogP contribution in [-0.2, 0) is 0 Å². The molecule has 0 saturated carbocycles. The van der Waals surface area contributed by atoms with E-state index in [0.717, 1.165) is 55.7 Å². The molecule has 3 heterocycles. The maximum absolute atomic E-state index is 4.44. The lowest BCUT2D eigenvalue weighted by atomic mass is 10.3. The van der Waals surface area contributed by atoms with E-state index in [-0.39, 0.29) is 0 Å². The Bertz CT molecular complexity index is 714. The van der Waals surface area contributed by atoms with Crippen LogP contribution in [0.1, 0.15) is 18.3 Å². The molecule has 1 fully saturated rings. The van der Waals surface area contributed by atoms with E-state index in [1.54, 1.807) is 0 Å². The van der Waals surface area contributed by atoms with Crippen molar-refractivity contribution in [1.82, 2.24) is 24.9 Å². The molecule has 6 nitrogen and oxygen atoms in total. The smallest absolute Gasteiger partial charge is 0.176 e. The number of hydrogen-bond donors (Lipinski definition) is 0. The molecule has 2 aromatic rings. The van der Waals surface area contributed by atoms with Gasteiger partial charge in [0.2, 0.25) is 0 Å². The Labute approximate surface area is 137 Å². The topological polar surface area (TPSA) is 50.1 Å². The molecule has 23 heavy (non-hydrogen) atoms. The van der Waals surface area contributed by atoms with Gasteiger partial charge >= 0.3 is 0 Å². The third-order valence-electron chi connectivity index (χ3n) is 4.04. The van der Waals surface area contributed by atoms with Crippen LogP contribution in [0.15, 0.2) is 18.2 Å². The number of rotatable bonds is 3. The number of nitrogens with zero attached hydrogens (tertiary/aromatic N) is 6. The third-order valence-corrected chi connectivity index (χ3v) is 4.04. The SMILES string of the molecule is CC#CCN1CCN(c2ccc(-n3nc(C)cc3C)nn2)CC1. The normalized spacial score (nSPS) is 15.3. The second kappa shape index (κ2) is 6.80. The predicted molar refractivity (Wildman–Crippen MR) is 90.7 cm³/mol. The van der Waals surface area contributed by atoms with Gasteiger partial charge in [-0.1, -0.05) is 5.92 Å². The average Bonchev–Trinajstić information content (AvgIpc) is 2.92. The van der Waals surface area contributed by atoms with Crippen LogP contribution in [0, 0.1) is 25.7 Å². The summed E-state index contributed by atoms with van der Waals surface area (Å²) in [5, 5.41) is 13.2. The molecule has 3 rings (SSSR count). The molecule has 0 unspecified atom stereocenters. The van der Waals surface area contributed by atoms with E-state index < -0.39 is 0 Å². The molecule has 2 aromatic heterocycles. The molecule has 1 aliphatic rings. The van der Waals surface area contributed by atoms with Gasteiger partial charge in [-0.25, -0.2) is 4.68 Å². The molecule has 0 atom stereocenters. The summed E-state index contributed by atoms with van der Waals surface area (Å²) in [6.07, 6.45) is 0. The number of aryl methyl sites for hydroxylation is 2. The zero-order chi connectivity index (χ0) is 16.2. The lowest BCUT2D eigenvalue weighted by Gasteiger charge is -2.34. The van der Waals surface area contributed by atoms with Crippen molar-refractivity contribution in [2.45, 2.75) is 20.8 Å². The minimum Gasteiger partial charge on any atom is -0.353 e. The zero-order valence-corrected chi connectivity index (χ0v) is 14.0. The van der Waals surface area contributed by atoms with E-state index in [2.05, 4.69) is 36.9 Å². The van der Waals surface area contributed by atoms with Crippen LogP contribution in [0.25, 0.3) is 5.82 Å². The molecule has 1 aliphatic heterocycles. The molecule has 6 heteroatoms. The zero-order valence-electron chi connectivity index (χ0n) is 14.0. The molecule has 0 N–H and O–H groups in total. The second-order valence-electron chi connectivity index (χ2n) is 5.78. The van der Waals surface area contributed by atoms with Crippen LogP contribution in [0.2, 0.25) is 0 Å². The molecule has 0 bridgehead atoms. The molecule has 0 aliphatic carbocycles. The average molecular weight is 310 g/mol. The van der Waals surface area contributed by atoms with Crippen molar-refractivity contribution in [3.05, 3.63) is 29.6 Å². The molecular weight excluding hydrogens is 288 g/mol. The number of hydrogen-bond acceptors (Lipinski definition) is 5. The molecule has 120 valence electrons. The predicted octanol–water partition coefficient (Wildman–Crippen LogP) is 1.42. The molecule has 0 amide bonds. The molecule has 0 aromatic carbocycles. The van der Waals surface area contributed by atoms with Crippen molar-refractivity contribution in [3.8, 4) is 17.7 Å². The summed E-state index contributed by atoms with van der Waals surface area (Å²) in [5.41, 5.74) is 2.05. The van der Waals surface area contributed by atoms with E-state index >= 15 is 0 Å². The Kier molecular flexibility index (Phi) is 4.58. The van der Waals surface area contributed by atoms with E-state index in [1.165, 1.54) is 0 Å². The Morgan fingerprint density at radius 1 is 1.04 bits per heavy atom. The van der Waals surface area contributed by atoms with Gasteiger partial charge in [-0.15, -0.1) is 16.1 Å². The minimum atomic E-state index is 0.760. The minimum absolute atomic E-state index is 0.760. The van der Waals surface area contributed by atoms with Crippen molar-refractivity contribution in [2.24, 2.45) is 0 Å². The fraction of sp³-hybridized carbons (Fsp3) is 0.471. The molecule has 1 saturated heterocycles. The highest BCUT2D eigenvalue weighted by Gasteiger charge is 2.17. The number of piperazine rings is 1. The van der Waals surface area contributed by atoms with Crippen LogP contribution < -0.4 is 4.90 Å². The molecular formula is C17H22N6. The van der Waals surface area contributed by atoms with E-state index in [1.807, 2.05) is 43.7 Å². The van der Waals surface area contributed by atoms with Gasteiger partial charge in [-0.3, -0.25) is 4.90 Å². The quantitative estimate of drug-likeness (QED) is 0.803. The standard InChI is InChI=1S/C17H22N6/c1-4-5-8-21-9-11-22(12-10-21)16-6-7-17(19-18-16)23-15(3)13-14(2)20-23/h6-7,13H,8-12H2,1-3H3. The van der Waals surface area contributed by atoms with Crippen molar-refractivity contribution in [2.75, 3.05) is 37.6 Å². The second-order valence-corrected chi connectivity index (χ2v) is 5.78. The first-order chi connectivity index (χ1) is 11.2. The highest BCUT2D eigenvalue weighted by atomic mass is 15.4. The van der Waals surface area contributed by atoms with Gasteiger partial charge in [0.25, 0.3) is 0 Å². The van der Waals surface area contributed by atoms with E-state index in [4.69, 9.17) is 0 Å². The maximum Gasteiger partial charge on any atom is 0.176 e. The Hall–Kier alpha value is -2.39. The van der Waals surface area contributed by atoms with Gasteiger partial charge in [0, 0.05) is 31.9 Å². The monoisotopic (exact) mass is 310 g/mol. The van der Waals surface area contributed by atoms with E-state index in [0.29, 0.717) is 0 Å². The van der Waals surface area contributed by atoms with Crippen molar-refractivity contribution >= 4 is 5.82 Å². The molecule has 0 radical (unpaired) electrons. The van der Waals surface area contributed by atoms with Crippen LogP contribution >= 0.6 is 0 Å². The van der Waals surface area contributed by atoms with Crippen LogP contribution in [-0.4, -0.2) is 57.6 Å². The number of anilines is 1. The number of aromatic nitrogens is 4. The van der Waals surface area contributed by atoms with Gasteiger partial charge in [0.05, 0.1) is 12.2 Å². The summed E-state index contributed by atoms with van der Waals surface area (Å²) in [6, 6.07) is 6.05. The van der Waals surface area contributed by atoms with Crippen LogP contribution in [0.3, 0.4) is 0 Å². The first-order valence-electron chi connectivity index (χ1n) is 7.91. The Morgan fingerprint density at radius 2 is 1.74 bits per heavy atom. The summed E-state index contributed by atoms with van der Waals surface area (Å²) >= 11 is 0. The lowest BCUT2D eigenvalue weighted by molar-refractivity contribution is 0.287. The van der Waals surface area contributed by atoms with Gasteiger partial charge in [-0.2, -0.15) is 5.10 Å². The van der Waals surface area contributed by atoms with Crippen molar-refractivity contribution in [3.63, 3.8) is 0 Å². The van der Waals surface area contributed by atoms with Gasteiger partial charge in [0.1, 0.15) is 0 Å². The van der Waals surface area contributed by atoms with Crippen LogP contribution in [0.4, 0.5) is 5.82 Å². The Morgan fingerprint density at radius 3 is 2.30 bits per heavy atom. The summed E-state index contributed by atoms with van der Waals surface area (Å²) in [6.45, 7) is 10.7. The first-order valence-corrected chi connectivity index (χ1v) is 7.91. The fourth-order valence-corrected chi connectivity index (χ4v) is 2.79. The largest absolute Gasteiger partial charge is 0.353 e. The van der Waals surface area contributed by atoms with Crippen LogP contribution in [0.5, 0.6) is 0 Å². The summed E-state index contributed by atoms with van der Waals surface area (Å²) < 4.78 is 1.83. The van der Waals surface area contributed by atoms with Crippen molar-refractivity contribution < 1.29 is 0 Å². The lowest BCUT2D eigenvalue weighted by Crippen LogP contribution is -2.46. The highest BCUT2D eigenvalue weighted by molar-refractivity contribution is 5.40. The third kappa shape index (κ3) is 3.51. The summed E-state index contributed by atoms with van der Waals surface area (Å²) in [5.74, 6) is 7.76. The van der Waals surface area contributed by atoms with Gasteiger partial charge < -0.3 is 4.90 Å². The first kappa shape index (κ1) is 15.5. The molecule has 0 spiro atoms. The summed E-state index contributed by atoms with van der Waals surface area (Å²) in [4.78, 5) is 4.64.